The van der Waals surface area contributed by atoms with Crippen LogP contribution in [-0.2, 0) is 16.0 Å². The molecule has 3 heteroatoms. The minimum atomic E-state index is -0.246. The highest BCUT2D eigenvalue weighted by atomic mass is 127. The third kappa shape index (κ3) is 4.22. The van der Waals surface area contributed by atoms with Gasteiger partial charge in [-0.15, -0.1) is 0 Å². The second kappa shape index (κ2) is 7.01. The summed E-state index contributed by atoms with van der Waals surface area (Å²) in [5, 5.41) is 0. The average molecular weight is 332 g/mol. The van der Waals surface area contributed by atoms with Crippen LogP contribution >= 0.6 is 22.6 Å². The molecule has 0 aromatic heterocycles. The van der Waals surface area contributed by atoms with Gasteiger partial charge in [0.15, 0.2) is 5.78 Å². The zero-order valence-electron chi connectivity index (χ0n) is 9.70. The second-order valence-electron chi connectivity index (χ2n) is 3.78. The second-order valence-corrected chi connectivity index (χ2v) is 5.03. The Morgan fingerprint density at radius 2 is 2.00 bits per heavy atom. The van der Waals surface area contributed by atoms with Crippen LogP contribution in [-0.4, -0.2) is 19.0 Å². The smallest absolute Gasteiger partial charge is 0.165 e. The van der Waals surface area contributed by atoms with Crippen LogP contribution in [0.1, 0.15) is 25.3 Å². The molecule has 0 fully saturated rings. The summed E-state index contributed by atoms with van der Waals surface area (Å²) in [5.74, 6) is 0.172. The molecule has 1 unspecified atom stereocenters. The van der Waals surface area contributed by atoms with Crippen LogP contribution in [0.25, 0.3) is 0 Å². The third-order valence-corrected chi connectivity index (χ3v) is 3.21. The van der Waals surface area contributed by atoms with Gasteiger partial charge in [-0.25, -0.2) is 0 Å². The van der Waals surface area contributed by atoms with Crippen molar-refractivity contribution in [2.45, 2.75) is 32.3 Å². The molecule has 1 aromatic carbocycles. The first kappa shape index (κ1) is 13.6. The Hall–Kier alpha value is -0.420. The monoisotopic (exact) mass is 332 g/mol. The minimum Gasteiger partial charge on any atom is -0.374 e. The summed E-state index contributed by atoms with van der Waals surface area (Å²) in [6, 6.07) is 8.03. The molecule has 0 aliphatic rings. The topological polar surface area (TPSA) is 26.3 Å². The van der Waals surface area contributed by atoms with Crippen LogP contribution < -0.4 is 0 Å². The maximum Gasteiger partial charge on any atom is 0.165 e. The van der Waals surface area contributed by atoms with Gasteiger partial charge in [-0.3, -0.25) is 4.79 Å². The van der Waals surface area contributed by atoms with Crippen LogP contribution in [0.3, 0.4) is 0 Å². The largest absolute Gasteiger partial charge is 0.374 e. The summed E-state index contributed by atoms with van der Waals surface area (Å²) >= 11 is 2.25. The molecule has 0 saturated carbocycles. The van der Waals surface area contributed by atoms with Gasteiger partial charge < -0.3 is 4.74 Å². The van der Waals surface area contributed by atoms with Crippen LogP contribution in [0.2, 0.25) is 0 Å². The molecule has 0 radical (unpaired) electrons. The van der Waals surface area contributed by atoms with Gasteiger partial charge in [-0.1, -0.05) is 25.5 Å². The Morgan fingerprint density at radius 1 is 1.38 bits per heavy atom. The highest BCUT2D eigenvalue weighted by molar-refractivity contribution is 14.1. The predicted octanol–water partition coefficient (Wildman–Crippen LogP) is 3.22. The number of methoxy groups -OCH3 is 1. The molecule has 0 amide bonds. The van der Waals surface area contributed by atoms with E-state index in [1.165, 1.54) is 3.57 Å². The number of Topliss-reactive ketones (excluding diaryl/α,β-unsaturated/α-hetero) is 1. The van der Waals surface area contributed by atoms with Crippen molar-refractivity contribution in [1.82, 2.24) is 0 Å². The van der Waals surface area contributed by atoms with Gasteiger partial charge >= 0.3 is 0 Å². The molecule has 0 bridgehead atoms. The van der Waals surface area contributed by atoms with Crippen molar-refractivity contribution in [3.8, 4) is 0 Å². The molecular weight excluding hydrogens is 315 g/mol. The van der Waals surface area contributed by atoms with Gasteiger partial charge in [-0.05, 0) is 46.7 Å². The number of ketones is 1. The summed E-state index contributed by atoms with van der Waals surface area (Å²) in [4.78, 5) is 11.9. The molecule has 0 heterocycles. The first-order valence-corrected chi connectivity index (χ1v) is 6.55. The van der Waals surface area contributed by atoms with Crippen molar-refractivity contribution < 1.29 is 9.53 Å². The maximum absolute atomic E-state index is 11.9. The lowest BCUT2D eigenvalue weighted by Gasteiger charge is -2.12. The van der Waals surface area contributed by atoms with Crippen LogP contribution in [0.15, 0.2) is 24.3 Å². The summed E-state index contributed by atoms with van der Waals surface area (Å²) in [5.41, 5.74) is 1.06. The molecule has 0 aliphatic carbocycles. The number of ether oxygens (including phenoxy) is 1. The van der Waals surface area contributed by atoms with E-state index in [1.807, 2.05) is 24.3 Å². The van der Waals surface area contributed by atoms with Gasteiger partial charge in [0.25, 0.3) is 0 Å². The Balaban J connectivity index is 2.59. The van der Waals surface area contributed by atoms with Crippen LogP contribution in [0.5, 0.6) is 0 Å². The molecule has 16 heavy (non-hydrogen) atoms. The minimum absolute atomic E-state index is 0.172. The SMILES string of the molecule is CCCC(OC)C(=O)Cc1ccc(I)cc1. The number of benzene rings is 1. The van der Waals surface area contributed by atoms with Crippen molar-refractivity contribution in [2.75, 3.05) is 7.11 Å². The molecule has 0 saturated heterocycles. The van der Waals surface area contributed by atoms with Crippen molar-refractivity contribution >= 4 is 28.4 Å². The highest BCUT2D eigenvalue weighted by Gasteiger charge is 2.16. The van der Waals surface area contributed by atoms with E-state index in [0.29, 0.717) is 6.42 Å². The lowest BCUT2D eigenvalue weighted by molar-refractivity contribution is -0.128. The maximum atomic E-state index is 11.9. The van der Waals surface area contributed by atoms with Gasteiger partial charge in [0, 0.05) is 17.1 Å². The molecule has 1 rings (SSSR count). The lowest BCUT2D eigenvalue weighted by Crippen LogP contribution is -2.24. The van der Waals surface area contributed by atoms with E-state index in [1.54, 1.807) is 7.11 Å². The summed E-state index contributed by atoms with van der Waals surface area (Å²) in [6.07, 6.45) is 2.00. The molecule has 1 atom stereocenters. The van der Waals surface area contributed by atoms with E-state index in [9.17, 15) is 4.79 Å². The molecule has 0 spiro atoms. The van der Waals surface area contributed by atoms with E-state index in [2.05, 4.69) is 29.5 Å². The standard InChI is InChI=1S/C13H17IO2/c1-3-4-13(16-2)12(15)9-10-5-7-11(14)8-6-10/h5-8,13H,3-4,9H2,1-2H3. The Labute approximate surface area is 111 Å². The Kier molecular flexibility index (Phi) is 5.98. The molecule has 0 aliphatic heterocycles. The van der Waals surface area contributed by atoms with Crippen LogP contribution in [0.4, 0.5) is 0 Å². The normalized spacial score (nSPS) is 12.4. The van der Waals surface area contributed by atoms with E-state index < -0.39 is 0 Å². The lowest BCUT2D eigenvalue weighted by atomic mass is 10.0. The Morgan fingerprint density at radius 3 is 2.50 bits per heavy atom. The summed E-state index contributed by atoms with van der Waals surface area (Å²) < 4.78 is 6.38. The van der Waals surface area contributed by atoms with Gasteiger partial charge in [-0.2, -0.15) is 0 Å². The predicted molar refractivity (Wildman–Crippen MR) is 73.6 cm³/mol. The number of rotatable bonds is 6. The third-order valence-electron chi connectivity index (χ3n) is 2.49. The quantitative estimate of drug-likeness (QED) is 0.748. The zero-order chi connectivity index (χ0) is 12.0. The first-order valence-electron chi connectivity index (χ1n) is 5.47. The van der Waals surface area contributed by atoms with Crippen molar-refractivity contribution in [3.63, 3.8) is 0 Å². The van der Waals surface area contributed by atoms with E-state index in [-0.39, 0.29) is 11.9 Å². The first-order chi connectivity index (χ1) is 7.67. The van der Waals surface area contributed by atoms with E-state index in [4.69, 9.17) is 4.74 Å². The van der Waals surface area contributed by atoms with Crippen molar-refractivity contribution in [1.29, 1.82) is 0 Å². The van der Waals surface area contributed by atoms with Gasteiger partial charge in [0.1, 0.15) is 6.10 Å². The summed E-state index contributed by atoms with van der Waals surface area (Å²) in [6.45, 7) is 2.06. The van der Waals surface area contributed by atoms with Gasteiger partial charge in [0.05, 0.1) is 0 Å². The molecule has 0 N–H and O–H groups in total. The number of halogens is 1. The zero-order valence-corrected chi connectivity index (χ0v) is 11.9. The fourth-order valence-corrected chi connectivity index (χ4v) is 1.95. The number of carbonyl (C=O) groups is 1. The molecule has 2 nitrogen and oxygen atoms in total. The molecule has 88 valence electrons. The van der Waals surface area contributed by atoms with E-state index >= 15 is 0 Å². The molecule has 1 aromatic rings. The van der Waals surface area contributed by atoms with E-state index in [0.717, 1.165) is 18.4 Å². The summed E-state index contributed by atoms with van der Waals surface area (Å²) in [7, 11) is 1.60. The van der Waals surface area contributed by atoms with Gasteiger partial charge in [0.2, 0.25) is 0 Å². The number of hydrogen-bond donors (Lipinski definition) is 0. The highest BCUT2D eigenvalue weighted by Crippen LogP contribution is 2.10. The molecular formula is C13H17IO2. The van der Waals surface area contributed by atoms with Crippen molar-refractivity contribution in [2.24, 2.45) is 0 Å². The number of hydrogen-bond acceptors (Lipinski definition) is 2. The average Bonchev–Trinajstić information content (AvgIpc) is 2.29. The fraction of sp³-hybridized carbons (Fsp3) is 0.462. The van der Waals surface area contributed by atoms with Crippen molar-refractivity contribution in [3.05, 3.63) is 33.4 Å². The fourth-order valence-electron chi connectivity index (χ4n) is 1.59. The number of carbonyl (C=O) groups excluding carboxylic acids is 1. The Bertz CT molecular complexity index is 332. The van der Waals surface area contributed by atoms with Crippen LogP contribution in [0, 0.1) is 3.57 Å².